The maximum Gasteiger partial charge on any atom is 0.238 e. The fourth-order valence-electron chi connectivity index (χ4n) is 2.10. The second-order valence-electron chi connectivity index (χ2n) is 5.12. The summed E-state index contributed by atoms with van der Waals surface area (Å²) in [7, 11) is -1.67. The van der Waals surface area contributed by atoms with Crippen LogP contribution in [0.1, 0.15) is 29.0 Å². The van der Waals surface area contributed by atoms with Crippen LogP contribution in [0.2, 0.25) is 0 Å². The van der Waals surface area contributed by atoms with Gasteiger partial charge in [0.25, 0.3) is 0 Å². The molecule has 0 fully saturated rings. The molecule has 0 unspecified atom stereocenters. The third kappa shape index (κ3) is 3.93. The number of nitriles is 1. The summed E-state index contributed by atoms with van der Waals surface area (Å²) in [6.07, 6.45) is 0. The Labute approximate surface area is 134 Å². The Morgan fingerprint density at radius 1 is 1.36 bits per heavy atom. The Hall–Kier alpha value is -1.72. The Bertz CT molecular complexity index is 789. The molecule has 0 radical (unpaired) electrons. The molecule has 0 spiro atoms. The van der Waals surface area contributed by atoms with Gasteiger partial charge in [0.05, 0.1) is 10.5 Å². The number of thiophene rings is 1. The quantitative estimate of drug-likeness (QED) is 0.909. The van der Waals surface area contributed by atoms with Crippen molar-refractivity contribution in [3.05, 3.63) is 51.7 Å². The SMILES string of the molecule is C[C@H](c1ccc(S(N)(=O)=O)cc1)N(C)Cc1cc(C#N)cs1. The molecule has 1 aromatic heterocycles. The highest BCUT2D eigenvalue weighted by Crippen LogP contribution is 2.24. The minimum atomic E-state index is -3.66. The molecule has 0 aliphatic rings. The Balaban J connectivity index is 2.10. The van der Waals surface area contributed by atoms with E-state index in [1.165, 1.54) is 12.1 Å². The second kappa shape index (κ2) is 6.58. The largest absolute Gasteiger partial charge is 0.295 e. The number of hydrogen-bond acceptors (Lipinski definition) is 5. The summed E-state index contributed by atoms with van der Waals surface area (Å²) in [5.41, 5.74) is 1.69. The average Bonchev–Trinajstić information content (AvgIpc) is 2.93. The molecule has 0 amide bonds. The monoisotopic (exact) mass is 335 g/mol. The smallest absolute Gasteiger partial charge is 0.238 e. The summed E-state index contributed by atoms with van der Waals surface area (Å²) in [6.45, 7) is 2.77. The molecule has 22 heavy (non-hydrogen) atoms. The molecule has 1 heterocycles. The van der Waals surface area contributed by atoms with Gasteiger partial charge in [0.1, 0.15) is 6.07 Å². The van der Waals surface area contributed by atoms with E-state index in [4.69, 9.17) is 10.4 Å². The molecule has 1 atom stereocenters. The summed E-state index contributed by atoms with van der Waals surface area (Å²) >= 11 is 1.56. The van der Waals surface area contributed by atoms with Crippen LogP contribution in [0.4, 0.5) is 0 Å². The number of sulfonamides is 1. The molecule has 0 aliphatic heterocycles. The van der Waals surface area contributed by atoms with Crippen molar-refractivity contribution in [3.63, 3.8) is 0 Å². The zero-order valence-electron chi connectivity index (χ0n) is 12.4. The summed E-state index contributed by atoms with van der Waals surface area (Å²) in [5.74, 6) is 0. The number of benzene rings is 1. The van der Waals surface area contributed by atoms with E-state index in [0.29, 0.717) is 5.56 Å². The van der Waals surface area contributed by atoms with E-state index in [1.54, 1.807) is 23.5 Å². The molecule has 116 valence electrons. The van der Waals surface area contributed by atoms with E-state index in [0.717, 1.165) is 17.0 Å². The Kier molecular flexibility index (Phi) is 4.98. The van der Waals surface area contributed by atoms with E-state index < -0.39 is 10.0 Å². The van der Waals surface area contributed by atoms with Gasteiger partial charge in [0.15, 0.2) is 0 Å². The lowest BCUT2D eigenvalue weighted by Gasteiger charge is -2.24. The minimum absolute atomic E-state index is 0.113. The topological polar surface area (TPSA) is 87.2 Å². The van der Waals surface area contributed by atoms with Gasteiger partial charge in [0, 0.05) is 22.8 Å². The van der Waals surface area contributed by atoms with Gasteiger partial charge in [-0.05, 0) is 37.7 Å². The van der Waals surface area contributed by atoms with Gasteiger partial charge in [-0.2, -0.15) is 5.26 Å². The van der Waals surface area contributed by atoms with Gasteiger partial charge in [0.2, 0.25) is 10.0 Å². The summed E-state index contributed by atoms with van der Waals surface area (Å²) in [6, 6.07) is 10.7. The maximum absolute atomic E-state index is 11.3. The summed E-state index contributed by atoms with van der Waals surface area (Å²) < 4.78 is 22.5. The molecule has 7 heteroatoms. The van der Waals surface area contributed by atoms with Crippen LogP contribution in [0.15, 0.2) is 40.6 Å². The van der Waals surface area contributed by atoms with Crippen molar-refractivity contribution in [2.75, 3.05) is 7.05 Å². The van der Waals surface area contributed by atoms with Crippen molar-refractivity contribution in [3.8, 4) is 6.07 Å². The van der Waals surface area contributed by atoms with Crippen molar-refractivity contribution < 1.29 is 8.42 Å². The van der Waals surface area contributed by atoms with Gasteiger partial charge < -0.3 is 0 Å². The molecule has 2 N–H and O–H groups in total. The van der Waals surface area contributed by atoms with Crippen LogP contribution in [0.25, 0.3) is 0 Å². The van der Waals surface area contributed by atoms with Crippen LogP contribution in [-0.2, 0) is 16.6 Å². The highest BCUT2D eigenvalue weighted by atomic mass is 32.2. The maximum atomic E-state index is 11.3. The fraction of sp³-hybridized carbons (Fsp3) is 0.267. The Morgan fingerprint density at radius 3 is 2.50 bits per heavy atom. The standard InChI is InChI=1S/C15H17N3O2S2/c1-11(13-3-5-15(6-4-13)22(17,19)20)18(2)9-14-7-12(8-16)10-21-14/h3-7,10-11H,9H2,1-2H3,(H2,17,19,20)/t11-/m1/s1. The zero-order valence-corrected chi connectivity index (χ0v) is 14.0. The van der Waals surface area contributed by atoms with Crippen LogP contribution in [0.3, 0.4) is 0 Å². The highest BCUT2D eigenvalue weighted by molar-refractivity contribution is 7.89. The van der Waals surface area contributed by atoms with Crippen molar-refractivity contribution in [2.24, 2.45) is 5.14 Å². The zero-order chi connectivity index (χ0) is 16.3. The second-order valence-corrected chi connectivity index (χ2v) is 7.68. The van der Waals surface area contributed by atoms with Gasteiger partial charge in [-0.25, -0.2) is 13.6 Å². The molecule has 0 aliphatic carbocycles. The lowest BCUT2D eigenvalue weighted by Crippen LogP contribution is -2.21. The van der Waals surface area contributed by atoms with Crippen molar-refractivity contribution in [1.82, 2.24) is 4.90 Å². The van der Waals surface area contributed by atoms with Crippen LogP contribution >= 0.6 is 11.3 Å². The number of primary sulfonamides is 1. The Morgan fingerprint density at radius 2 is 2.00 bits per heavy atom. The third-order valence-corrected chi connectivity index (χ3v) is 5.39. The number of nitrogens with zero attached hydrogens (tertiary/aromatic N) is 2. The lowest BCUT2D eigenvalue weighted by molar-refractivity contribution is 0.255. The fourth-order valence-corrected chi connectivity index (χ4v) is 3.48. The molecular formula is C15H17N3O2S2. The molecular weight excluding hydrogens is 318 g/mol. The molecule has 0 bridgehead atoms. The minimum Gasteiger partial charge on any atom is -0.295 e. The first-order valence-electron chi connectivity index (χ1n) is 6.62. The molecule has 0 saturated heterocycles. The first-order valence-corrected chi connectivity index (χ1v) is 9.04. The normalized spacial score (nSPS) is 13.0. The number of hydrogen-bond donors (Lipinski definition) is 1. The first kappa shape index (κ1) is 16.6. The molecule has 5 nitrogen and oxygen atoms in total. The summed E-state index contributed by atoms with van der Waals surface area (Å²) in [4.78, 5) is 3.37. The number of rotatable bonds is 5. The molecule has 0 saturated carbocycles. The van der Waals surface area contributed by atoms with E-state index in [-0.39, 0.29) is 10.9 Å². The van der Waals surface area contributed by atoms with Crippen molar-refractivity contribution in [1.29, 1.82) is 5.26 Å². The van der Waals surface area contributed by atoms with Crippen LogP contribution < -0.4 is 5.14 Å². The number of nitrogens with two attached hydrogens (primary N) is 1. The van der Waals surface area contributed by atoms with E-state index in [2.05, 4.69) is 11.0 Å². The van der Waals surface area contributed by atoms with E-state index in [9.17, 15) is 8.42 Å². The first-order chi connectivity index (χ1) is 10.3. The van der Waals surface area contributed by atoms with Gasteiger partial charge >= 0.3 is 0 Å². The summed E-state index contributed by atoms with van der Waals surface area (Å²) in [5, 5.41) is 15.8. The molecule has 1 aromatic carbocycles. The molecule has 2 rings (SSSR count). The van der Waals surface area contributed by atoms with Crippen LogP contribution in [0.5, 0.6) is 0 Å². The highest BCUT2D eigenvalue weighted by Gasteiger charge is 2.14. The van der Waals surface area contributed by atoms with Crippen LogP contribution in [-0.4, -0.2) is 20.4 Å². The van der Waals surface area contributed by atoms with Gasteiger partial charge in [-0.15, -0.1) is 11.3 Å². The lowest BCUT2D eigenvalue weighted by atomic mass is 10.1. The van der Waals surface area contributed by atoms with Gasteiger partial charge in [-0.1, -0.05) is 12.1 Å². The molecule has 2 aromatic rings. The average molecular weight is 335 g/mol. The van der Waals surface area contributed by atoms with Gasteiger partial charge in [-0.3, -0.25) is 4.90 Å². The van der Waals surface area contributed by atoms with Crippen molar-refractivity contribution in [2.45, 2.75) is 24.4 Å². The predicted octanol–water partition coefficient (Wildman–Crippen LogP) is 2.46. The van der Waals surface area contributed by atoms with E-state index >= 15 is 0 Å². The van der Waals surface area contributed by atoms with Crippen LogP contribution in [0, 0.1) is 11.3 Å². The predicted molar refractivity (Wildman–Crippen MR) is 86.7 cm³/mol. The van der Waals surface area contributed by atoms with E-state index in [1.807, 2.05) is 25.4 Å². The van der Waals surface area contributed by atoms with Crippen molar-refractivity contribution >= 4 is 21.4 Å². The third-order valence-electron chi connectivity index (χ3n) is 3.54.